The lowest BCUT2D eigenvalue weighted by molar-refractivity contribution is 0.200. The summed E-state index contributed by atoms with van der Waals surface area (Å²) in [6, 6.07) is 4.51. The first-order chi connectivity index (χ1) is 17.8. The molecule has 4 aromatic heterocycles. The van der Waals surface area contributed by atoms with Gasteiger partial charge in [-0.2, -0.15) is 5.10 Å². The predicted molar refractivity (Wildman–Crippen MR) is 135 cm³/mol. The Hall–Kier alpha value is -4.18. The van der Waals surface area contributed by atoms with Gasteiger partial charge in [-0.1, -0.05) is 11.6 Å². The molecule has 0 atom stereocenters. The summed E-state index contributed by atoms with van der Waals surface area (Å²) < 4.78 is 34.4. The third-order valence-electron chi connectivity index (χ3n) is 5.77. The molecular weight excluding hydrogens is 500 g/mol. The van der Waals surface area contributed by atoms with Crippen molar-refractivity contribution < 1.29 is 13.5 Å². The minimum Gasteiger partial charge on any atom is -0.486 e. The van der Waals surface area contributed by atoms with Crippen LogP contribution in [-0.4, -0.2) is 36.3 Å². The van der Waals surface area contributed by atoms with Crippen molar-refractivity contribution in [3.05, 3.63) is 100 Å². The average Bonchev–Trinajstić information content (AvgIpc) is 3.32. The van der Waals surface area contributed by atoms with Gasteiger partial charge in [0.1, 0.15) is 23.9 Å². The van der Waals surface area contributed by atoms with Crippen LogP contribution >= 0.6 is 11.6 Å². The van der Waals surface area contributed by atoms with Crippen molar-refractivity contribution in [3.8, 4) is 17.3 Å². The van der Waals surface area contributed by atoms with Gasteiger partial charge >= 0.3 is 0 Å². The lowest BCUT2D eigenvalue weighted by atomic mass is 10.1. The van der Waals surface area contributed by atoms with Gasteiger partial charge in [-0.3, -0.25) is 9.97 Å². The molecular formula is C26H22ClF2N7O. The van der Waals surface area contributed by atoms with Gasteiger partial charge in [-0.15, -0.1) is 0 Å². The molecule has 1 aliphatic heterocycles. The predicted octanol–water partition coefficient (Wildman–Crippen LogP) is 5.41. The highest BCUT2D eigenvalue weighted by molar-refractivity contribution is 6.30. The second-order valence-electron chi connectivity index (χ2n) is 8.57. The SMILES string of the molecule is CC1=CC(OCc2ncc(F)cc2F)=C(Cl)CN1c1cc(-c2ccnc(-n3cc(C)cn3)n2)ncc1C. The first-order valence-corrected chi connectivity index (χ1v) is 11.7. The van der Waals surface area contributed by atoms with E-state index in [0.717, 1.165) is 34.8 Å². The molecule has 0 radical (unpaired) electrons. The molecule has 0 saturated carbocycles. The summed E-state index contributed by atoms with van der Waals surface area (Å²) in [5.74, 6) is -0.666. The Labute approximate surface area is 216 Å². The molecule has 37 heavy (non-hydrogen) atoms. The van der Waals surface area contributed by atoms with E-state index >= 15 is 0 Å². The molecule has 0 unspecified atom stereocenters. The third kappa shape index (κ3) is 5.19. The maximum absolute atomic E-state index is 13.9. The zero-order valence-electron chi connectivity index (χ0n) is 20.3. The third-order valence-corrected chi connectivity index (χ3v) is 6.07. The van der Waals surface area contributed by atoms with E-state index in [1.165, 1.54) is 0 Å². The summed E-state index contributed by atoms with van der Waals surface area (Å²) in [6.45, 7) is 6.00. The smallest absolute Gasteiger partial charge is 0.251 e. The fourth-order valence-electron chi connectivity index (χ4n) is 3.85. The summed E-state index contributed by atoms with van der Waals surface area (Å²) in [5.41, 5.74) is 5.03. The molecule has 4 aromatic rings. The Morgan fingerprint density at radius 3 is 2.62 bits per heavy atom. The molecule has 11 heteroatoms. The van der Waals surface area contributed by atoms with E-state index in [2.05, 4.69) is 25.0 Å². The van der Waals surface area contributed by atoms with E-state index in [-0.39, 0.29) is 12.3 Å². The molecule has 0 saturated heterocycles. The number of ether oxygens (including phenoxy) is 1. The number of anilines is 1. The van der Waals surface area contributed by atoms with Crippen LogP contribution in [0.1, 0.15) is 23.7 Å². The molecule has 5 heterocycles. The van der Waals surface area contributed by atoms with Gasteiger partial charge < -0.3 is 9.64 Å². The van der Waals surface area contributed by atoms with Crippen LogP contribution in [0.2, 0.25) is 0 Å². The van der Waals surface area contributed by atoms with Crippen LogP contribution in [0.5, 0.6) is 0 Å². The van der Waals surface area contributed by atoms with Crippen LogP contribution in [-0.2, 0) is 11.3 Å². The van der Waals surface area contributed by atoms with Gasteiger partial charge in [0.15, 0.2) is 5.82 Å². The van der Waals surface area contributed by atoms with E-state index in [1.54, 1.807) is 35.4 Å². The molecule has 0 amide bonds. The van der Waals surface area contributed by atoms with Crippen molar-refractivity contribution in [1.29, 1.82) is 0 Å². The molecule has 0 spiro atoms. The van der Waals surface area contributed by atoms with Crippen LogP contribution in [0.3, 0.4) is 0 Å². The van der Waals surface area contributed by atoms with Crippen LogP contribution in [0, 0.1) is 25.5 Å². The topological polar surface area (TPSA) is 81.9 Å². The monoisotopic (exact) mass is 521 g/mol. The standard InChI is InChI=1S/C26H22ClF2N7O/c1-15-9-33-36(12-15)26-30-5-4-21(34-26)22-8-24(16(2)10-31-22)35-13-19(27)25(6-17(35)3)37-14-23-20(29)7-18(28)11-32-23/h4-12H,13-14H2,1-3H3. The number of aryl methyl sites for hydroxylation is 2. The van der Waals surface area contributed by atoms with Gasteiger partial charge in [0.25, 0.3) is 5.95 Å². The Kier molecular flexibility index (Phi) is 6.66. The van der Waals surface area contributed by atoms with Crippen molar-refractivity contribution in [1.82, 2.24) is 29.7 Å². The van der Waals surface area contributed by atoms with Gasteiger partial charge in [-0.25, -0.2) is 23.4 Å². The van der Waals surface area contributed by atoms with Crippen molar-refractivity contribution in [2.24, 2.45) is 0 Å². The van der Waals surface area contributed by atoms with Crippen LogP contribution < -0.4 is 4.90 Å². The summed E-state index contributed by atoms with van der Waals surface area (Å²) in [4.78, 5) is 19.3. The number of nitrogens with zero attached hydrogens (tertiary/aromatic N) is 7. The molecule has 1 aliphatic rings. The number of rotatable bonds is 6. The molecule has 5 rings (SSSR count). The molecule has 0 bridgehead atoms. The zero-order valence-corrected chi connectivity index (χ0v) is 21.0. The number of aromatic nitrogens is 6. The first kappa shape index (κ1) is 24.5. The summed E-state index contributed by atoms with van der Waals surface area (Å²) in [7, 11) is 0. The largest absolute Gasteiger partial charge is 0.486 e. The van der Waals surface area contributed by atoms with Crippen molar-refractivity contribution in [3.63, 3.8) is 0 Å². The van der Waals surface area contributed by atoms with Crippen molar-refractivity contribution in [2.45, 2.75) is 27.4 Å². The van der Waals surface area contributed by atoms with Gasteiger partial charge in [0.05, 0.1) is 35.4 Å². The first-order valence-electron chi connectivity index (χ1n) is 11.4. The van der Waals surface area contributed by atoms with Gasteiger partial charge in [-0.05, 0) is 44.0 Å². The van der Waals surface area contributed by atoms with E-state index < -0.39 is 11.6 Å². The number of halogens is 3. The summed E-state index contributed by atoms with van der Waals surface area (Å²) >= 11 is 6.57. The second-order valence-corrected chi connectivity index (χ2v) is 9.03. The fraction of sp³-hybridized carbons (Fsp3) is 0.192. The minimum atomic E-state index is -0.773. The number of hydrogen-bond acceptors (Lipinski definition) is 7. The van der Waals surface area contributed by atoms with E-state index in [1.807, 2.05) is 37.9 Å². The van der Waals surface area contributed by atoms with Crippen molar-refractivity contribution >= 4 is 17.3 Å². The Morgan fingerprint density at radius 2 is 1.86 bits per heavy atom. The molecule has 0 aliphatic carbocycles. The quantitative estimate of drug-likeness (QED) is 0.336. The van der Waals surface area contributed by atoms with E-state index in [4.69, 9.17) is 16.3 Å². The Balaban J connectivity index is 1.38. The molecule has 8 nitrogen and oxygen atoms in total. The maximum Gasteiger partial charge on any atom is 0.251 e. The fourth-order valence-corrected chi connectivity index (χ4v) is 4.07. The molecule has 0 aromatic carbocycles. The normalized spacial score (nSPS) is 13.7. The van der Waals surface area contributed by atoms with Gasteiger partial charge in [0, 0.05) is 42.1 Å². The minimum absolute atomic E-state index is 0.00374. The molecule has 188 valence electrons. The number of hydrogen-bond donors (Lipinski definition) is 0. The second kappa shape index (κ2) is 10.1. The lowest BCUT2D eigenvalue weighted by Gasteiger charge is -2.31. The maximum atomic E-state index is 13.9. The summed E-state index contributed by atoms with van der Waals surface area (Å²) in [6.07, 6.45) is 9.77. The van der Waals surface area contributed by atoms with Crippen LogP contribution in [0.15, 0.2) is 71.7 Å². The zero-order chi connectivity index (χ0) is 26.1. The molecule has 0 N–H and O–H groups in total. The molecule has 0 fully saturated rings. The highest BCUT2D eigenvalue weighted by Crippen LogP contribution is 2.33. The summed E-state index contributed by atoms with van der Waals surface area (Å²) in [5, 5.41) is 4.71. The van der Waals surface area contributed by atoms with Crippen molar-refractivity contribution in [2.75, 3.05) is 11.4 Å². The average molecular weight is 522 g/mol. The number of allylic oxidation sites excluding steroid dienone is 2. The van der Waals surface area contributed by atoms with E-state index in [0.29, 0.717) is 34.7 Å². The highest BCUT2D eigenvalue weighted by Gasteiger charge is 2.22. The van der Waals surface area contributed by atoms with Crippen LogP contribution in [0.4, 0.5) is 14.5 Å². The Bertz CT molecular complexity index is 1550. The number of pyridine rings is 2. The van der Waals surface area contributed by atoms with Gasteiger partial charge in [0.2, 0.25) is 0 Å². The lowest BCUT2D eigenvalue weighted by Crippen LogP contribution is -2.27. The van der Waals surface area contributed by atoms with E-state index in [9.17, 15) is 8.78 Å². The highest BCUT2D eigenvalue weighted by atomic mass is 35.5. The van der Waals surface area contributed by atoms with Crippen LogP contribution in [0.25, 0.3) is 17.3 Å². The Morgan fingerprint density at radius 1 is 1.03 bits per heavy atom.